The van der Waals surface area contributed by atoms with Gasteiger partial charge in [0, 0.05) is 43.1 Å². The molecule has 8 nitrogen and oxygen atoms in total. The minimum atomic E-state index is -0.133. The molecule has 1 aromatic carbocycles. The Bertz CT molecular complexity index is 1030. The molecule has 8 heteroatoms. The maximum Gasteiger partial charge on any atom is 0.410 e. The van der Waals surface area contributed by atoms with Crippen LogP contribution in [0.25, 0.3) is 0 Å². The molecule has 0 aromatic heterocycles. The second-order valence-corrected chi connectivity index (χ2v) is 12.6. The zero-order chi connectivity index (χ0) is 25.7. The number of amides is 2. The molecule has 3 unspecified atom stereocenters. The van der Waals surface area contributed by atoms with E-state index in [4.69, 9.17) is 14.2 Å². The standard InChI is InChI=1S/C30H41N3O5/c34-28(37-25-5-3-6-25)32-18-21-4-1-2-7-27(21)30(20-32)11-13-31(14-12-30)24-16-22-8-9-23(17-24)33(22)29(35)38-26-10-15-36-19-26/h1-2,4,7,22-26H,3,5-6,8-20H2. The van der Waals surface area contributed by atoms with E-state index in [0.29, 0.717) is 25.8 Å². The summed E-state index contributed by atoms with van der Waals surface area (Å²) in [5, 5.41) is 0. The minimum absolute atomic E-state index is 0.00315. The van der Waals surface area contributed by atoms with Crippen LogP contribution >= 0.6 is 0 Å². The second kappa shape index (κ2) is 10.0. The van der Waals surface area contributed by atoms with E-state index in [1.807, 2.05) is 4.90 Å². The lowest BCUT2D eigenvalue weighted by atomic mass is 9.68. The number of nitrogens with zero attached hydrogens (tertiary/aromatic N) is 3. The summed E-state index contributed by atoms with van der Waals surface area (Å²) in [5.41, 5.74) is 2.70. The van der Waals surface area contributed by atoms with Crippen molar-refractivity contribution in [2.45, 2.75) is 107 Å². The maximum absolute atomic E-state index is 13.1. The van der Waals surface area contributed by atoms with Crippen molar-refractivity contribution in [1.29, 1.82) is 0 Å². The Morgan fingerprint density at radius 1 is 0.868 bits per heavy atom. The lowest BCUT2D eigenvalue weighted by Gasteiger charge is -2.51. The molecule has 2 bridgehead atoms. The van der Waals surface area contributed by atoms with E-state index in [1.54, 1.807) is 0 Å². The Morgan fingerprint density at radius 2 is 1.61 bits per heavy atom. The van der Waals surface area contributed by atoms with Crippen LogP contribution in [0.15, 0.2) is 24.3 Å². The summed E-state index contributed by atoms with van der Waals surface area (Å²) < 4.78 is 17.0. The van der Waals surface area contributed by atoms with Gasteiger partial charge in [-0.05, 0) is 82.0 Å². The molecule has 1 aliphatic carbocycles. The molecular weight excluding hydrogens is 482 g/mol. The van der Waals surface area contributed by atoms with Gasteiger partial charge in [-0.3, -0.25) is 0 Å². The Labute approximate surface area is 225 Å². The van der Waals surface area contributed by atoms with Crippen molar-refractivity contribution in [2.24, 2.45) is 0 Å². The lowest BCUT2D eigenvalue weighted by Crippen LogP contribution is -2.58. The third kappa shape index (κ3) is 4.47. The third-order valence-corrected chi connectivity index (χ3v) is 10.4. The Kier molecular flexibility index (Phi) is 6.51. The lowest BCUT2D eigenvalue weighted by molar-refractivity contribution is -0.00182. The van der Waals surface area contributed by atoms with E-state index in [9.17, 15) is 9.59 Å². The zero-order valence-electron chi connectivity index (χ0n) is 22.4. The van der Waals surface area contributed by atoms with Gasteiger partial charge in [0.25, 0.3) is 0 Å². The summed E-state index contributed by atoms with van der Waals surface area (Å²) in [6.45, 7) is 4.70. The first kappa shape index (κ1) is 24.7. The van der Waals surface area contributed by atoms with Crippen LogP contribution in [0.2, 0.25) is 0 Å². The molecule has 3 atom stereocenters. The first-order valence-corrected chi connectivity index (χ1v) is 14.9. The highest BCUT2D eigenvalue weighted by Crippen LogP contribution is 2.45. The summed E-state index contributed by atoms with van der Waals surface area (Å²) in [6.07, 6.45) is 10.1. The van der Waals surface area contributed by atoms with Crippen molar-refractivity contribution in [1.82, 2.24) is 14.7 Å². The Morgan fingerprint density at radius 3 is 2.29 bits per heavy atom. The average Bonchev–Trinajstić information content (AvgIpc) is 3.51. The van der Waals surface area contributed by atoms with Crippen LogP contribution < -0.4 is 0 Å². The fourth-order valence-electron chi connectivity index (χ4n) is 8.02. The largest absolute Gasteiger partial charge is 0.446 e. The van der Waals surface area contributed by atoms with Gasteiger partial charge in [0.2, 0.25) is 0 Å². The minimum Gasteiger partial charge on any atom is -0.446 e. The molecule has 0 N–H and O–H groups in total. The number of rotatable bonds is 3. The molecule has 5 fully saturated rings. The van der Waals surface area contributed by atoms with Gasteiger partial charge in [-0.15, -0.1) is 0 Å². The van der Waals surface area contributed by atoms with Crippen LogP contribution in [0, 0.1) is 0 Å². The van der Waals surface area contributed by atoms with Crippen molar-refractivity contribution in [2.75, 3.05) is 32.8 Å². The predicted octanol–water partition coefficient (Wildman–Crippen LogP) is 4.45. The normalized spacial score (nSPS) is 32.6. The van der Waals surface area contributed by atoms with Gasteiger partial charge in [-0.2, -0.15) is 0 Å². The highest BCUT2D eigenvalue weighted by Gasteiger charge is 2.49. The highest BCUT2D eigenvalue weighted by molar-refractivity contribution is 5.70. The summed E-state index contributed by atoms with van der Waals surface area (Å²) in [6, 6.07) is 9.82. The Hall–Kier alpha value is -2.32. The van der Waals surface area contributed by atoms with E-state index in [0.717, 1.165) is 83.8 Å². The number of likely N-dealkylation sites (tertiary alicyclic amines) is 1. The molecule has 38 heavy (non-hydrogen) atoms. The second-order valence-electron chi connectivity index (χ2n) is 12.6. The SMILES string of the molecule is O=C(OC1CCC1)N1Cc2ccccc2C2(CCN(C3CC4CCC(C3)N4C(=O)OC3CCOC3)CC2)C1. The molecule has 4 saturated heterocycles. The monoisotopic (exact) mass is 523 g/mol. The number of benzene rings is 1. The van der Waals surface area contributed by atoms with Gasteiger partial charge < -0.3 is 28.9 Å². The van der Waals surface area contributed by atoms with Crippen molar-refractivity contribution in [3.05, 3.63) is 35.4 Å². The van der Waals surface area contributed by atoms with Gasteiger partial charge in [-0.1, -0.05) is 24.3 Å². The number of carbonyl (C=O) groups excluding carboxylic acids is 2. The quantitative estimate of drug-likeness (QED) is 0.583. The predicted molar refractivity (Wildman–Crippen MR) is 141 cm³/mol. The molecule has 1 aromatic rings. The number of carbonyl (C=O) groups is 2. The molecule has 2 amide bonds. The molecule has 5 heterocycles. The van der Waals surface area contributed by atoms with Crippen LogP contribution in [0.5, 0.6) is 0 Å². The van der Waals surface area contributed by atoms with Crippen LogP contribution in [0.4, 0.5) is 9.59 Å². The van der Waals surface area contributed by atoms with Gasteiger partial charge >= 0.3 is 12.2 Å². The molecule has 206 valence electrons. The smallest absolute Gasteiger partial charge is 0.410 e. The number of hydrogen-bond acceptors (Lipinski definition) is 6. The van der Waals surface area contributed by atoms with Crippen molar-refractivity contribution in [3.63, 3.8) is 0 Å². The van der Waals surface area contributed by atoms with E-state index in [2.05, 4.69) is 34.1 Å². The molecule has 5 aliphatic heterocycles. The summed E-state index contributed by atoms with van der Waals surface area (Å²) >= 11 is 0. The molecule has 1 spiro atoms. The van der Waals surface area contributed by atoms with Crippen LogP contribution in [0.3, 0.4) is 0 Å². The number of piperidine rings is 2. The van der Waals surface area contributed by atoms with Gasteiger partial charge in [-0.25, -0.2) is 9.59 Å². The summed E-state index contributed by atoms with van der Waals surface area (Å²) in [4.78, 5) is 32.8. The van der Waals surface area contributed by atoms with Crippen molar-refractivity contribution in [3.8, 4) is 0 Å². The molecule has 7 rings (SSSR count). The zero-order valence-corrected chi connectivity index (χ0v) is 22.4. The fourth-order valence-corrected chi connectivity index (χ4v) is 8.02. The van der Waals surface area contributed by atoms with E-state index >= 15 is 0 Å². The number of ether oxygens (including phenoxy) is 3. The third-order valence-electron chi connectivity index (χ3n) is 10.4. The van der Waals surface area contributed by atoms with Crippen LogP contribution in [-0.2, 0) is 26.2 Å². The first-order chi connectivity index (χ1) is 18.6. The van der Waals surface area contributed by atoms with Crippen LogP contribution in [0.1, 0.15) is 75.3 Å². The van der Waals surface area contributed by atoms with E-state index in [1.165, 1.54) is 11.1 Å². The first-order valence-electron chi connectivity index (χ1n) is 14.9. The van der Waals surface area contributed by atoms with Crippen LogP contribution in [-0.4, -0.2) is 90.1 Å². The number of fused-ring (bicyclic) bond motifs is 4. The van der Waals surface area contributed by atoms with E-state index < -0.39 is 0 Å². The molecule has 0 radical (unpaired) electrons. The maximum atomic E-state index is 13.1. The summed E-state index contributed by atoms with van der Waals surface area (Å²) in [7, 11) is 0. The fraction of sp³-hybridized carbons (Fsp3) is 0.733. The number of hydrogen-bond donors (Lipinski definition) is 0. The highest BCUT2D eigenvalue weighted by atomic mass is 16.6. The Balaban J connectivity index is 1.00. The van der Waals surface area contributed by atoms with Crippen molar-refractivity contribution < 1.29 is 23.8 Å². The average molecular weight is 524 g/mol. The molecular formula is C30H41N3O5. The topological polar surface area (TPSA) is 71.6 Å². The van der Waals surface area contributed by atoms with Gasteiger partial charge in [0.05, 0.1) is 13.2 Å². The molecule has 1 saturated carbocycles. The van der Waals surface area contributed by atoms with Gasteiger partial charge in [0.15, 0.2) is 0 Å². The molecule has 6 aliphatic rings. The van der Waals surface area contributed by atoms with Crippen molar-refractivity contribution >= 4 is 12.2 Å². The summed E-state index contributed by atoms with van der Waals surface area (Å²) in [5.74, 6) is 0. The van der Waals surface area contributed by atoms with E-state index in [-0.39, 0.29) is 41.9 Å². The van der Waals surface area contributed by atoms with Gasteiger partial charge in [0.1, 0.15) is 12.2 Å².